The highest BCUT2D eigenvalue weighted by molar-refractivity contribution is 6.05. The summed E-state index contributed by atoms with van der Waals surface area (Å²) in [5.41, 5.74) is 13.2. The fourth-order valence-corrected chi connectivity index (χ4v) is 3.80. The third kappa shape index (κ3) is 6.41. The number of anilines is 6. The number of hydrogen-bond acceptors (Lipinski definition) is 6. The van der Waals surface area contributed by atoms with E-state index in [0.717, 1.165) is 39.3 Å². The Morgan fingerprint density at radius 1 is 0.730 bits per heavy atom. The minimum atomic E-state index is -0.192. The molecule has 5 rings (SSSR count). The maximum Gasteiger partial charge on any atom is 0.255 e. The van der Waals surface area contributed by atoms with Crippen LogP contribution in [0.5, 0.6) is 0 Å². The van der Waals surface area contributed by atoms with Gasteiger partial charge in [0.2, 0.25) is 0 Å². The Kier molecular flexibility index (Phi) is 7.95. The average Bonchev–Trinajstić information content (AvgIpc) is 2.91. The van der Waals surface area contributed by atoms with E-state index in [0.29, 0.717) is 16.9 Å². The lowest BCUT2D eigenvalue weighted by Gasteiger charge is -2.12. The molecule has 7 heteroatoms. The number of nitrogen functional groups attached to an aromatic ring is 1. The van der Waals surface area contributed by atoms with Crippen LogP contribution in [-0.2, 0) is 0 Å². The third-order valence-corrected chi connectivity index (χ3v) is 5.50. The van der Waals surface area contributed by atoms with Gasteiger partial charge in [0, 0.05) is 63.2 Å². The molecule has 0 aliphatic carbocycles. The van der Waals surface area contributed by atoms with E-state index >= 15 is 0 Å². The van der Waals surface area contributed by atoms with Crippen LogP contribution in [0, 0.1) is 6.92 Å². The van der Waals surface area contributed by atoms with E-state index in [1.807, 2.05) is 99.6 Å². The summed E-state index contributed by atoms with van der Waals surface area (Å²) >= 11 is 0. The number of aryl methyl sites for hydroxylation is 1. The minimum absolute atomic E-state index is 0.192. The lowest BCUT2D eigenvalue weighted by molar-refractivity contribution is 0.102. The number of nitrogens with one attached hydrogen (secondary N) is 3. The number of nitrogens with two attached hydrogens (primary N) is 1. The predicted molar refractivity (Wildman–Crippen MR) is 154 cm³/mol. The second kappa shape index (κ2) is 11.7. The van der Waals surface area contributed by atoms with E-state index in [-0.39, 0.29) is 5.91 Å². The number of pyridine rings is 2. The second-order valence-electron chi connectivity index (χ2n) is 8.18. The van der Waals surface area contributed by atoms with E-state index in [9.17, 15) is 4.79 Å². The number of aromatic nitrogens is 2. The van der Waals surface area contributed by atoms with E-state index < -0.39 is 0 Å². The summed E-state index contributed by atoms with van der Waals surface area (Å²) in [4.78, 5) is 21.5. The molecule has 3 aromatic carbocycles. The number of amides is 1. The topological polar surface area (TPSA) is 105 Å². The number of carbonyl (C=O) groups excluding carboxylic acids is 1. The zero-order valence-electron chi connectivity index (χ0n) is 21.1. The monoisotopic (exact) mass is 490 g/mol. The Bertz CT molecular complexity index is 1510. The summed E-state index contributed by atoms with van der Waals surface area (Å²) in [5, 5.41) is 10.6. The third-order valence-electron chi connectivity index (χ3n) is 5.50. The van der Waals surface area contributed by atoms with Crippen molar-refractivity contribution >= 4 is 50.9 Å². The molecule has 0 aliphatic rings. The van der Waals surface area contributed by atoms with Gasteiger partial charge in [0.1, 0.15) is 0 Å². The molecule has 0 bridgehead atoms. The molecule has 1 amide bonds. The molecule has 0 radical (unpaired) electrons. The molecule has 186 valence electrons. The first-order valence-electron chi connectivity index (χ1n) is 12.2. The fourth-order valence-electron chi connectivity index (χ4n) is 3.80. The van der Waals surface area contributed by atoms with E-state index in [1.165, 1.54) is 0 Å². The highest BCUT2D eigenvalue weighted by Crippen LogP contribution is 2.27. The molecule has 0 atom stereocenters. The summed E-state index contributed by atoms with van der Waals surface area (Å²) in [6, 6.07) is 26.3. The van der Waals surface area contributed by atoms with Crippen molar-refractivity contribution in [1.29, 1.82) is 0 Å². The van der Waals surface area contributed by atoms with Gasteiger partial charge in [-0.15, -0.1) is 0 Å². The SMILES string of the molecule is CC.Cc1cc(Nc2ccc(NC(=O)c3cccc(Nc4ccnc5ccc(N)cc45)c3)cc2)ccn1. The van der Waals surface area contributed by atoms with Gasteiger partial charge in [0.25, 0.3) is 5.91 Å². The van der Waals surface area contributed by atoms with E-state index in [2.05, 4.69) is 25.9 Å². The van der Waals surface area contributed by atoms with Crippen LogP contribution in [0.15, 0.2) is 97.3 Å². The van der Waals surface area contributed by atoms with E-state index in [4.69, 9.17) is 5.73 Å². The molecular weight excluding hydrogens is 460 g/mol. The van der Waals surface area contributed by atoms with Crippen LogP contribution in [-0.4, -0.2) is 15.9 Å². The van der Waals surface area contributed by atoms with E-state index in [1.54, 1.807) is 18.5 Å². The summed E-state index contributed by atoms with van der Waals surface area (Å²) < 4.78 is 0. The first-order valence-corrected chi connectivity index (χ1v) is 12.2. The number of nitrogens with zero attached hydrogens (tertiary/aromatic N) is 2. The molecule has 0 aliphatic heterocycles. The maximum atomic E-state index is 12.9. The van der Waals surface area contributed by atoms with Crippen molar-refractivity contribution in [2.75, 3.05) is 21.7 Å². The number of hydrogen-bond donors (Lipinski definition) is 4. The van der Waals surface area contributed by atoms with Gasteiger partial charge in [0.05, 0.1) is 5.52 Å². The van der Waals surface area contributed by atoms with Gasteiger partial charge < -0.3 is 21.7 Å². The number of fused-ring (bicyclic) bond motifs is 1. The predicted octanol–water partition coefficient (Wildman–Crippen LogP) is 7.29. The molecule has 5 aromatic rings. The van der Waals surface area contributed by atoms with Gasteiger partial charge >= 0.3 is 0 Å². The van der Waals surface area contributed by atoms with Crippen molar-refractivity contribution < 1.29 is 4.79 Å². The summed E-state index contributed by atoms with van der Waals surface area (Å²) in [7, 11) is 0. The Hall–Kier alpha value is -4.91. The lowest BCUT2D eigenvalue weighted by atomic mass is 10.1. The minimum Gasteiger partial charge on any atom is -0.399 e. The molecule has 0 spiro atoms. The molecule has 0 fully saturated rings. The first kappa shape index (κ1) is 25.2. The normalized spacial score (nSPS) is 10.2. The van der Waals surface area contributed by atoms with Gasteiger partial charge in [-0.1, -0.05) is 19.9 Å². The Morgan fingerprint density at radius 3 is 2.24 bits per heavy atom. The van der Waals surface area contributed by atoms with Crippen LogP contribution < -0.4 is 21.7 Å². The molecular formula is C30H30N6O. The second-order valence-corrected chi connectivity index (χ2v) is 8.18. The van der Waals surface area contributed by atoms with Crippen LogP contribution >= 0.6 is 0 Å². The van der Waals surface area contributed by atoms with Crippen LogP contribution in [0.2, 0.25) is 0 Å². The largest absolute Gasteiger partial charge is 0.399 e. The highest BCUT2D eigenvalue weighted by Gasteiger charge is 2.09. The van der Waals surface area contributed by atoms with Crippen LogP contribution in [0.3, 0.4) is 0 Å². The van der Waals surface area contributed by atoms with Crippen LogP contribution in [0.4, 0.5) is 34.1 Å². The highest BCUT2D eigenvalue weighted by atomic mass is 16.1. The summed E-state index contributed by atoms with van der Waals surface area (Å²) in [5.74, 6) is -0.192. The fraction of sp³-hybridized carbons (Fsp3) is 0.100. The number of carbonyl (C=O) groups is 1. The average molecular weight is 491 g/mol. The number of rotatable bonds is 6. The molecule has 2 heterocycles. The zero-order valence-corrected chi connectivity index (χ0v) is 21.1. The quantitative estimate of drug-likeness (QED) is 0.186. The first-order chi connectivity index (χ1) is 18.0. The smallest absolute Gasteiger partial charge is 0.255 e. The summed E-state index contributed by atoms with van der Waals surface area (Å²) in [6.45, 7) is 5.95. The zero-order chi connectivity index (χ0) is 26.2. The Balaban J connectivity index is 0.00000156. The van der Waals surface area contributed by atoms with Crippen molar-refractivity contribution in [2.24, 2.45) is 0 Å². The van der Waals surface area contributed by atoms with Crippen molar-refractivity contribution in [3.8, 4) is 0 Å². The van der Waals surface area contributed by atoms with Crippen molar-refractivity contribution in [3.63, 3.8) is 0 Å². The molecule has 37 heavy (non-hydrogen) atoms. The summed E-state index contributed by atoms with van der Waals surface area (Å²) in [6.07, 6.45) is 3.51. The number of benzene rings is 3. The Labute approximate surface area is 216 Å². The molecule has 0 unspecified atom stereocenters. The van der Waals surface area contributed by atoms with Gasteiger partial charge in [-0.05, 0) is 85.8 Å². The molecule has 5 N–H and O–H groups in total. The van der Waals surface area contributed by atoms with Gasteiger partial charge in [-0.3, -0.25) is 14.8 Å². The van der Waals surface area contributed by atoms with Crippen molar-refractivity contribution in [2.45, 2.75) is 20.8 Å². The molecule has 7 nitrogen and oxygen atoms in total. The lowest BCUT2D eigenvalue weighted by Crippen LogP contribution is -2.12. The molecule has 0 saturated carbocycles. The van der Waals surface area contributed by atoms with Crippen LogP contribution in [0.25, 0.3) is 10.9 Å². The van der Waals surface area contributed by atoms with Gasteiger partial charge in [-0.25, -0.2) is 0 Å². The maximum absolute atomic E-state index is 12.9. The standard InChI is InChI=1S/C28H24N6O.C2H6/c1-18-15-24(11-13-30-18)32-21-6-8-22(9-7-21)34-28(35)19-3-2-4-23(16-19)33-27-12-14-31-26-10-5-20(29)17-25(26)27;1-2/h2-17H,29H2,1H3,(H,30,32)(H,31,33)(H,34,35);1-2H3. The van der Waals surface area contributed by atoms with Crippen molar-refractivity contribution in [3.05, 3.63) is 109 Å². The molecule has 0 saturated heterocycles. The van der Waals surface area contributed by atoms with Gasteiger partial charge in [-0.2, -0.15) is 0 Å². The van der Waals surface area contributed by atoms with Crippen molar-refractivity contribution in [1.82, 2.24) is 9.97 Å². The molecule has 2 aromatic heterocycles. The Morgan fingerprint density at radius 2 is 1.46 bits per heavy atom. The van der Waals surface area contributed by atoms with Crippen LogP contribution in [0.1, 0.15) is 29.9 Å². The van der Waals surface area contributed by atoms with Gasteiger partial charge in [0.15, 0.2) is 0 Å².